The molecule has 4 rings (SSSR count). The minimum atomic E-state index is -2.09. The second kappa shape index (κ2) is 30.7. The first-order valence-corrected chi connectivity index (χ1v) is 25.8. The minimum Gasteiger partial charge on any atom is -0.463 e. The van der Waals surface area contributed by atoms with E-state index in [0.29, 0.717) is 0 Å². The summed E-state index contributed by atoms with van der Waals surface area (Å²) in [6.45, 7) is 9.35. The zero-order valence-corrected chi connectivity index (χ0v) is 47.4. The van der Waals surface area contributed by atoms with Gasteiger partial charge in [0.15, 0.2) is 80.1 Å². The molecule has 33 heteroatoms. The largest absolute Gasteiger partial charge is 0.463 e. The Morgan fingerprint density at radius 2 is 0.519 bits per heavy atom. The number of halogens is 1. The first-order valence-electron chi connectivity index (χ1n) is 24.7. The molecule has 20 atom stereocenters. The van der Waals surface area contributed by atoms with Crippen LogP contribution < -0.4 is 0 Å². The van der Waals surface area contributed by atoms with E-state index in [9.17, 15) is 62.6 Å². The Morgan fingerprint density at radius 1 is 0.296 bits per heavy atom. The van der Waals surface area contributed by atoms with Gasteiger partial charge in [0.05, 0.1) is 0 Å². The lowest BCUT2D eigenvalue weighted by Gasteiger charge is -2.51. The molecule has 20 unspecified atom stereocenters. The Labute approximate surface area is 470 Å². The highest BCUT2D eigenvalue weighted by Crippen LogP contribution is 2.40. The fourth-order valence-electron chi connectivity index (χ4n) is 8.85. The van der Waals surface area contributed by atoms with E-state index < -0.39 is 214 Å². The van der Waals surface area contributed by atoms with Crippen molar-refractivity contribution >= 4 is 87.6 Å². The molecule has 0 aliphatic carbocycles. The summed E-state index contributed by atoms with van der Waals surface area (Å²) in [5.74, 6) is -12.0. The van der Waals surface area contributed by atoms with Crippen LogP contribution in [0.3, 0.4) is 0 Å². The molecule has 0 spiro atoms. The molecule has 0 saturated carbocycles. The number of alkyl halides is 1. The maximum absolute atomic E-state index is 13.2. The molecular weight excluding hydrogens is 1170 g/mol. The Kier molecular flexibility index (Phi) is 25.5. The van der Waals surface area contributed by atoms with Crippen molar-refractivity contribution in [1.29, 1.82) is 0 Å². The van der Waals surface area contributed by atoms with Gasteiger partial charge in [0, 0.05) is 88.4 Å². The van der Waals surface area contributed by atoms with Gasteiger partial charge in [-0.15, -0.1) is 0 Å². The van der Waals surface area contributed by atoms with Gasteiger partial charge in [0.25, 0.3) is 0 Å². The third kappa shape index (κ3) is 19.7. The van der Waals surface area contributed by atoms with E-state index in [-0.39, 0.29) is 5.33 Å². The van der Waals surface area contributed by atoms with Crippen LogP contribution in [0.2, 0.25) is 0 Å². The van der Waals surface area contributed by atoms with Crippen LogP contribution in [0, 0.1) is 0 Å². The number of rotatable bonds is 22. The van der Waals surface area contributed by atoms with Crippen molar-refractivity contribution < 1.29 is 153 Å². The number of carbonyl (C=O) groups is 12. The van der Waals surface area contributed by atoms with Gasteiger partial charge < -0.3 is 95.1 Å². The normalized spacial score (nSPS) is 33.6. The van der Waals surface area contributed by atoms with Crippen molar-refractivity contribution in [2.24, 2.45) is 0 Å². The fourth-order valence-corrected chi connectivity index (χ4v) is 9.37. The number of hydrogen-bond donors (Lipinski definition) is 1. The number of aliphatic hydroxyl groups is 1. The fraction of sp³-hybridized carbons (Fsp3) is 0.750. The molecule has 32 nitrogen and oxygen atoms in total. The van der Waals surface area contributed by atoms with Gasteiger partial charge in [-0.3, -0.25) is 57.5 Å². The molecule has 0 radical (unpaired) electrons. The molecule has 4 saturated heterocycles. The predicted molar refractivity (Wildman–Crippen MR) is 255 cm³/mol. The van der Waals surface area contributed by atoms with Crippen LogP contribution in [0.5, 0.6) is 0 Å². The van der Waals surface area contributed by atoms with Gasteiger partial charge in [-0.25, -0.2) is 0 Å². The van der Waals surface area contributed by atoms with Crippen molar-refractivity contribution in [2.75, 3.05) is 25.2 Å². The highest BCUT2D eigenvalue weighted by molar-refractivity contribution is 9.09. The van der Waals surface area contributed by atoms with Gasteiger partial charge in [0.1, 0.15) is 62.5 Å². The van der Waals surface area contributed by atoms with Crippen molar-refractivity contribution in [3.05, 3.63) is 0 Å². The standard InChI is InChI=1S/C48H65BrO32/c1-17(50)63-14-30-35(37(67-21(5)54)41(45(62)75-30)71-25(9)58)80-46-42(72-26(10)59)38(68-22(6)55)33(29(13-49)76-46)79-47-44(74-28(12)61)40(70-24(8)57)36(32(78-47)16-65-19(3)52)81-48-43(73-27(11)60)39(69-23(7)56)34(66-20(4)53)31(77-48)15-64-18(2)51/h29-48,62H,13-16H2,1-12H3. The van der Waals surface area contributed by atoms with Crippen LogP contribution in [0.15, 0.2) is 0 Å². The number of aliphatic hydroxyl groups excluding tert-OH is 1. The molecule has 0 aromatic heterocycles. The minimum absolute atomic E-state index is 0.327. The SMILES string of the molecule is CC(=O)OCC1OC(O)C(OC(C)=O)C(OC(C)=O)C1OC1OC(CBr)C(OC2OC(COC(C)=O)C(OC3OC(COC(C)=O)C(OC(C)=O)C(OC(C)=O)C3OC(C)=O)C(OC(C)=O)C2OC(C)=O)C(OC(C)=O)C1OC(C)=O. The zero-order chi connectivity index (χ0) is 60.7. The number of esters is 12. The molecule has 81 heavy (non-hydrogen) atoms. The molecule has 0 bridgehead atoms. The van der Waals surface area contributed by atoms with Crippen molar-refractivity contribution in [2.45, 2.75) is 206 Å². The quantitative estimate of drug-likeness (QED) is 0.0732. The van der Waals surface area contributed by atoms with Crippen LogP contribution in [0.4, 0.5) is 0 Å². The molecule has 4 fully saturated rings. The van der Waals surface area contributed by atoms with Gasteiger partial charge in [0.2, 0.25) is 0 Å². The Hall–Kier alpha value is -6.20. The molecule has 0 amide bonds. The lowest BCUT2D eigenvalue weighted by molar-refractivity contribution is -0.385. The van der Waals surface area contributed by atoms with E-state index in [4.69, 9.17) is 90.0 Å². The van der Waals surface area contributed by atoms with E-state index in [1.807, 2.05) is 0 Å². The van der Waals surface area contributed by atoms with Crippen molar-refractivity contribution in [1.82, 2.24) is 0 Å². The van der Waals surface area contributed by atoms with Gasteiger partial charge in [-0.2, -0.15) is 0 Å². The van der Waals surface area contributed by atoms with Crippen LogP contribution in [-0.4, -0.2) is 225 Å². The summed E-state index contributed by atoms with van der Waals surface area (Å²) in [6, 6.07) is 0. The van der Waals surface area contributed by atoms with Crippen molar-refractivity contribution in [3.8, 4) is 0 Å². The first kappa shape index (κ1) is 67.3. The lowest BCUT2D eigenvalue weighted by atomic mass is 9.95. The van der Waals surface area contributed by atoms with E-state index in [1.165, 1.54) is 0 Å². The maximum atomic E-state index is 13.2. The smallest absolute Gasteiger partial charge is 0.303 e. The summed E-state index contributed by atoms with van der Waals surface area (Å²) >= 11 is 3.32. The summed E-state index contributed by atoms with van der Waals surface area (Å²) < 4.78 is 110. The Morgan fingerprint density at radius 3 is 0.815 bits per heavy atom. The van der Waals surface area contributed by atoms with E-state index >= 15 is 0 Å². The third-order valence-electron chi connectivity index (χ3n) is 11.5. The third-order valence-corrected chi connectivity index (χ3v) is 12.1. The molecule has 1 N–H and O–H groups in total. The molecule has 456 valence electrons. The summed E-state index contributed by atoms with van der Waals surface area (Å²) in [5.41, 5.74) is 0. The highest BCUT2D eigenvalue weighted by Gasteiger charge is 2.61. The Bertz CT molecular complexity index is 2290. The monoisotopic (exact) mass is 1230 g/mol. The second-order valence-corrected chi connectivity index (χ2v) is 18.9. The summed E-state index contributed by atoms with van der Waals surface area (Å²) in [4.78, 5) is 152. The van der Waals surface area contributed by atoms with Gasteiger partial charge >= 0.3 is 71.6 Å². The average molecular weight is 1230 g/mol. The summed E-state index contributed by atoms with van der Waals surface area (Å²) in [6.07, 6.45) is -36.9. The predicted octanol–water partition coefficient (Wildman–Crippen LogP) is -1.50. The summed E-state index contributed by atoms with van der Waals surface area (Å²) in [5, 5.41) is 10.7. The topological polar surface area (TPSA) is 400 Å². The van der Waals surface area contributed by atoms with Crippen LogP contribution in [-0.2, 0) is 148 Å². The first-order chi connectivity index (χ1) is 37.9. The molecule has 4 heterocycles. The van der Waals surface area contributed by atoms with E-state index in [0.717, 1.165) is 83.1 Å². The van der Waals surface area contributed by atoms with Crippen LogP contribution in [0.1, 0.15) is 83.1 Å². The molecule has 0 aromatic rings. The van der Waals surface area contributed by atoms with E-state index in [1.54, 1.807) is 0 Å². The van der Waals surface area contributed by atoms with Crippen LogP contribution >= 0.6 is 15.9 Å². The number of carbonyl (C=O) groups excluding carboxylic acids is 12. The molecule has 4 aliphatic heterocycles. The molecule has 0 aromatic carbocycles. The molecule has 4 aliphatic rings. The van der Waals surface area contributed by atoms with Crippen LogP contribution in [0.25, 0.3) is 0 Å². The zero-order valence-electron chi connectivity index (χ0n) is 45.9. The van der Waals surface area contributed by atoms with E-state index in [2.05, 4.69) is 15.9 Å². The second-order valence-electron chi connectivity index (χ2n) is 18.2. The molecular formula is C48H65BrO32. The highest BCUT2D eigenvalue weighted by atomic mass is 79.9. The van der Waals surface area contributed by atoms with Gasteiger partial charge in [-0.05, 0) is 0 Å². The van der Waals surface area contributed by atoms with Gasteiger partial charge in [-0.1, -0.05) is 15.9 Å². The summed E-state index contributed by atoms with van der Waals surface area (Å²) in [7, 11) is 0. The number of ether oxygens (including phenoxy) is 19. The van der Waals surface area contributed by atoms with Crippen molar-refractivity contribution in [3.63, 3.8) is 0 Å². The number of hydrogen-bond acceptors (Lipinski definition) is 32. The lowest BCUT2D eigenvalue weighted by Crippen LogP contribution is -2.69. The average Bonchev–Trinajstić information content (AvgIpc) is 3.33. The maximum Gasteiger partial charge on any atom is 0.303 e. The Balaban J connectivity index is 1.91.